The second kappa shape index (κ2) is 4.00. The molecule has 0 bridgehead atoms. The molecule has 0 aromatic carbocycles. The number of carbonyl (C=O) groups is 1. The quantitative estimate of drug-likeness (QED) is 0.776. The highest BCUT2D eigenvalue weighted by Gasteiger charge is 2.34. The van der Waals surface area contributed by atoms with Crippen LogP contribution in [0.2, 0.25) is 0 Å². The molecule has 0 radical (unpaired) electrons. The van der Waals surface area contributed by atoms with Crippen molar-refractivity contribution in [2.75, 3.05) is 0 Å². The molecule has 1 aliphatic rings. The van der Waals surface area contributed by atoms with Gasteiger partial charge in [-0.3, -0.25) is 4.79 Å². The van der Waals surface area contributed by atoms with Crippen molar-refractivity contribution in [3.05, 3.63) is 27.6 Å². The van der Waals surface area contributed by atoms with Crippen molar-refractivity contribution >= 4 is 28.5 Å². The Balaban J connectivity index is 2.05. The molecule has 0 spiro atoms. The summed E-state index contributed by atoms with van der Waals surface area (Å²) in [6.07, 6.45) is 1.56. The van der Waals surface area contributed by atoms with Crippen LogP contribution in [0.15, 0.2) is 12.1 Å². The van der Waals surface area contributed by atoms with E-state index in [9.17, 15) is 4.79 Å². The van der Waals surface area contributed by atoms with Crippen LogP contribution < -0.4 is 0 Å². The predicted octanol–water partition coefficient (Wildman–Crippen LogP) is 4.34. The number of hydrogen-bond donors (Lipinski definition) is 0. The summed E-state index contributed by atoms with van der Waals surface area (Å²) in [6.45, 7) is 6.38. The van der Waals surface area contributed by atoms with Gasteiger partial charge >= 0.3 is 0 Å². The zero-order valence-electron chi connectivity index (χ0n) is 10.7. The highest BCUT2D eigenvalue weighted by molar-refractivity contribution is 7.22. The molecule has 0 N–H and O–H groups in total. The molecule has 2 aromatic heterocycles. The number of thiazole rings is 1. The van der Waals surface area contributed by atoms with E-state index in [1.807, 2.05) is 0 Å². The molecule has 94 valence electrons. The lowest BCUT2D eigenvalue weighted by Gasteiger charge is -2.26. The molecule has 0 atom stereocenters. The minimum Gasteiger partial charge on any atom is -0.293 e. The topological polar surface area (TPSA) is 30.0 Å². The summed E-state index contributed by atoms with van der Waals surface area (Å²) in [7, 11) is 0. The van der Waals surface area contributed by atoms with Crippen molar-refractivity contribution in [2.45, 2.75) is 33.6 Å². The highest BCUT2D eigenvalue weighted by Crippen LogP contribution is 2.40. The van der Waals surface area contributed by atoms with Gasteiger partial charge in [-0.05, 0) is 30.9 Å². The molecule has 18 heavy (non-hydrogen) atoms. The fraction of sp³-hybridized carbons (Fsp3) is 0.429. The van der Waals surface area contributed by atoms with Gasteiger partial charge in [0.25, 0.3) is 0 Å². The lowest BCUT2D eigenvalue weighted by atomic mass is 9.78. The first-order valence-corrected chi connectivity index (χ1v) is 7.68. The van der Waals surface area contributed by atoms with E-state index in [-0.39, 0.29) is 11.2 Å². The highest BCUT2D eigenvalue weighted by atomic mass is 32.1. The van der Waals surface area contributed by atoms with E-state index in [4.69, 9.17) is 0 Å². The number of aromatic nitrogens is 1. The van der Waals surface area contributed by atoms with E-state index in [2.05, 4.69) is 37.9 Å². The van der Waals surface area contributed by atoms with Crippen molar-refractivity contribution in [1.29, 1.82) is 0 Å². The van der Waals surface area contributed by atoms with Crippen molar-refractivity contribution in [3.8, 4) is 9.88 Å². The average Bonchev–Trinajstić information content (AvgIpc) is 2.82. The van der Waals surface area contributed by atoms with E-state index in [1.54, 1.807) is 22.7 Å². The first kappa shape index (κ1) is 12.1. The van der Waals surface area contributed by atoms with Crippen LogP contribution in [0.5, 0.6) is 0 Å². The Hall–Kier alpha value is -1.00. The third-order valence-corrected chi connectivity index (χ3v) is 5.50. The molecule has 2 aromatic rings. The minimum atomic E-state index is 0.0563. The third-order valence-electron chi connectivity index (χ3n) is 3.19. The monoisotopic (exact) mass is 277 g/mol. The van der Waals surface area contributed by atoms with Gasteiger partial charge in [-0.15, -0.1) is 22.7 Å². The number of thiophene rings is 1. The standard InChI is InChI=1S/C14H15NOS2/c1-8-4-5-11(17-8)13-15-9-6-14(2,3)7-10(16)12(9)18-13/h4-5H,6-7H2,1-3H3. The number of Topliss-reactive ketones (excluding diaryl/α,β-unsaturated/α-hetero) is 1. The Bertz CT molecular complexity index is 622. The van der Waals surface area contributed by atoms with Gasteiger partial charge < -0.3 is 0 Å². The summed E-state index contributed by atoms with van der Waals surface area (Å²) in [6, 6.07) is 4.20. The first-order chi connectivity index (χ1) is 8.44. The summed E-state index contributed by atoms with van der Waals surface area (Å²) in [5, 5.41) is 1.00. The van der Waals surface area contributed by atoms with Crippen molar-refractivity contribution in [3.63, 3.8) is 0 Å². The number of ketones is 1. The number of nitrogens with zero attached hydrogens (tertiary/aromatic N) is 1. The normalized spacial score (nSPS) is 17.8. The zero-order chi connectivity index (χ0) is 12.9. The van der Waals surface area contributed by atoms with Gasteiger partial charge in [0.2, 0.25) is 0 Å². The summed E-state index contributed by atoms with van der Waals surface area (Å²) in [5.74, 6) is 0.262. The molecule has 2 heterocycles. The molecule has 0 fully saturated rings. The first-order valence-electron chi connectivity index (χ1n) is 6.04. The number of rotatable bonds is 1. The van der Waals surface area contributed by atoms with Gasteiger partial charge in [-0.2, -0.15) is 0 Å². The van der Waals surface area contributed by atoms with E-state index in [0.29, 0.717) is 6.42 Å². The fourth-order valence-electron chi connectivity index (χ4n) is 2.37. The molecular formula is C14H15NOS2. The number of fused-ring (bicyclic) bond motifs is 1. The Kier molecular flexibility index (Phi) is 2.68. The van der Waals surface area contributed by atoms with Gasteiger partial charge in [0.15, 0.2) is 5.78 Å². The molecule has 0 saturated heterocycles. The summed E-state index contributed by atoms with van der Waals surface area (Å²) in [5.41, 5.74) is 1.06. The SMILES string of the molecule is Cc1ccc(-c2nc3c(s2)C(=O)CC(C)(C)C3)s1. The number of aryl methyl sites for hydroxylation is 1. The van der Waals surface area contributed by atoms with Crippen LogP contribution in [0.3, 0.4) is 0 Å². The van der Waals surface area contributed by atoms with Crippen LogP contribution in [-0.4, -0.2) is 10.8 Å². The Morgan fingerprint density at radius 3 is 2.67 bits per heavy atom. The maximum Gasteiger partial charge on any atom is 0.175 e. The van der Waals surface area contributed by atoms with E-state index in [0.717, 1.165) is 22.0 Å². The second-order valence-corrected chi connectivity index (χ2v) is 7.93. The molecule has 3 rings (SSSR count). The van der Waals surface area contributed by atoms with Crippen LogP contribution >= 0.6 is 22.7 Å². The number of carbonyl (C=O) groups excluding carboxylic acids is 1. The van der Waals surface area contributed by atoms with Gasteiger partial charge in [0.1, 0.15) is 5.01 Å². The molecule has 0 aliphatic heterocycles. The maximum absolute atomic E-state index is 12.1. The van der Waals surface area contributed by atoms with Gasteiger partial charge in [0, 0.05) is 11.3 Å². The van der Waals surface area contributed by atoms with E-state index in [1.165, 1.54) is 9.75 Å². The van der Waals surface area contributed by atoms with Crippen molar-refractivity contribution in [1.82, 2.24) is 4.98 Å². The molecular weight excluding hydrogens is 262 g/mol. The Morgan fingerprint density at radius 1 is 1.22 bits per heavy atom. The number of hydrogen-bond acceptors (Lipinski definition) is 4. The predicted molar refractivity (Wildman–Crippen MR) is 76.6 cm³/mol. The van der Waals surface area contributed by atoms with E-state index < -0.39 is 0 Å². The lowest BCUT2D eigenvalue weighted by molar-refractivity contribution is 0.0916. The Labute approximate surface area is 115 Å². The largest absolute Gasteiger partial charge is 0.293 e. The van der Waals surface area contributed by atoms with Crippen LogP contribution in [0.25, 0.3) is 9.88 Å². The van der Waals surface area contributed by atoms with Crippen LogP contribution in [-0.2, 0) is 6.42 Å². The van der Waals surface area contributed by atoms with Gasteiger partial charge in [0.05, 0.1) is 15.4 Å². The summed E-state index contributed by atoms with van der Waals surface area (Å²) in [4.78, 5) is 20.2. The smallest absolute Gasteiger partial charge is 0.175 e. The second-order valence-electron chi connectivity index (χ2n) is 5.65. The summed E-state index contributed by atoms with van der Waals surface area (Å²) < 4.78 is 0. The van der Waals surface area contributed by atoms with Crippen LogP contribution in [0, 0.1) is 12.3 Å². The lowest BCUT2D eigenvalue weighted by Crippen LogP contribution is -2.25. The van der Waals surface area contributed by atoms with Crippen LogP contribution in [0.4, 0.5) is 0 Å². The summed E-state index contributed by atoms with van der Waals surface area (Å²) >= 11 is 3.30. The fourth-order valence-corrected chi connectivity index (χ4v) is 4.32. The average molecular weight is 277 g/mol. The van der Waals surface area contributed by atoms with E-state index >= 15 is 0 Å². The van der Waals surface area contributed by atoms with Gasteiger partial charge in [-0.25, -0.2) is 4.98 Å². The van der Waals surface area contributed by atoms with Crippen molar-refractivity contribution < 1.29 is 4.79 Å². The third kappa shape index (κ3) is 2.04. The minimum absolute atomic E-state index is 0.0563. The Morgan fingerprint density at radius 2 is 2.00 bits per heavy atom. The maximum atomic E-state index is 12.1. The molecule has 0 saturated carbocycles. The van der Waals surface area contributed by atoms with Gasteiger partial charge in [-0.1, -0.05) is 13.8 Å². The molecule has 1 aliphatic carbocycles. The van der Waals surface area contributed by atoms with Crippen LogP contribution in [0.1, 0.15) is 40.5 Å². The molecule has 0 amide bonds. The van der Waals surface area contributed by atoms with Crippen molar-refractivity contribution in [2.24, 2.45) is 5.41 Å². The zero-order valence-corrected chi connectivity index (χ0v) is 12.4. The molecule has 2 nitrogen and oxygen atoms in total. The molecule has 4 heteroatoms. The molecule has 0 unspecified atom stereocenters.